The molecule has 0 saturated carbocycles. The fourth-order valence-corrected chi connectivity index (χ4v) is 3.63. The molecular formula is C26H31N5O8. The summed E-state index contributed by atoms with van der Waals surface area (Å²) >= 11 is 0. The number of carboxylic acids is 2. The van der Waals surface area contributed by atoms with Crippen LogP contribution in [0.15, 0.2) is 60.7 Å². The van der Waals surface area contributed by atoms with E-state index in [0.29, 0.717) is 11.1 Å². The highest BCUT2D eigenvalue weighted by molar-refractivity contribution is 5.96. The van der Waals surface area contributed by atoms with E-state index in [2.05, 4.69) is 16.0 Å². The van der Waals surface area contributed by atoms with E-state index in [1.54, 1.807) is 60.7 Å². The zero-order chi connectivity index (χ0) is 28.9. The van der Waals surface area contributed by atoms with Crippen molar-refractivity contribution in [2.45, 2.75) is 49.9 Å². The molecule has 208 valence electrons. The van der Waals surface area contributed by atoms with Crippen LogP contribution in [0, 0.1) is 0 Å². The van der Waals surface area contributed by atoms with E-state index in [9.17, 15) is 39.0 Å². The fraction of sp³-hybridized carbons (Fsp3) is 0.308. The molecule has 4 unspecified atom stereocenters. The van der Waals surface area contributed by atoms with Gasteiger partial charge in [-0.15, -0.1) is 0 Å². The normalized spacial score (nSPS) is 13.7. The van der Waals surface area contributed by atoms with Gasteiger partial charge in [0.15, 0.2) is 0 Å². The van der Waals surface area contributed by atoms with E-state index in [1.165, 1.54) is 0 Å². The zero-order valence-electron chi connectivity index (χ0n) is 20.9. The van der Waals surface area contributed by atoms with Gasteiger partial charge in [-0.2, -0.15) is 0 Å². The number of benzene rings is 2. The Morgan fingerprint density at radius 1 is 0.641 bits per heavy atom. The predicted octanol–water partition coefficient (Wildman–Crippen LogP) is -1.31. The average molecular weight is 542 g/mol. The van der Waals surface area contributed by atoms with Crippen LogP contribution in [0.3, 0.4) is 0 Å². The summed E-state index contributed by atoms with van der Waals surface area (Å²) in [6.45, 7) is 0. The third kappa shape index (κ3) is 10.6. The lowest BCUT2D eigenvalue weighted by atomic mass is 10.0. The van der Waals surface area contributed by atoms with Gasteiger partial charge in [0.05, 0.1) is 18.9 Å². The van der Waals surface area contributed by atoms with Crippen molar-refractivity contribution >= 4 is 35.6 Å². The van der Waals surface area contributed by atoms with Crippen LogP contribution in [0.25, 0.3) is 0 Å². The van der Waals surface area contributed by atoms with Gasteiger partial charge < -0.3 is 37.6 Å². The Hall–Kier alpha value is -4.78. The maximum absolute atomic E-state index is 13.2. The molecule has 0 spiro atoms. The second-order valence-electron chi connectivity index (χ2n) is 8.78. The van der Waals surface area contributed by atoms with Gasteiger partial charge in [-0.05, 0) is 11.1 Å². The summed E-state index contributed by atoms with van der Waals surface area (Å²) in [7, 11) is 0. The van der Waals surface area contributed by atoms with Crippen molar-refractivity contribution in [1.82, 2.24) is 16.0 Å². The van der Waals surface area contributed by atoms with E-state index >= 15 is 0 Å². The van der Waals surface area contributed by atoms with Gasteiger partial charge in [-0.1, -0.05) is 60.7 Å². The van der Waals surface area contributed by atoms with Crippen molar-refractivity contribution < 1.29 is 39.0 Å². The molecule has 4 atom stereocenters. The number of carbonyl (C=O) groups excluding carboxylic acids is 4. The molecule has 0 saturated heterocycles. The van der Waals surface area contributed by atoms with E-state index in [-0.39, 0.29) is 12.8 Å². The minimum Gasteiger partial charge on any atom is -0.481 e. The van der Waals surface area contributed by atoms with Crippen molar-refractivity contribution in [3.05, 3.63) is 71.8 Å². The number of hydrogen-bond donors (Lipinski definition) is 7. The molecule has 9 N–H and O–H groups in total. The number of aliphatic carboxylic acids is 2. The molecule has 39 heavy (non-hydrogen) atoms. The summed E-state index contributed by atoms with van der Waals surface area (Å²) in [6, 6.07) is 11.4. The Morgan fingerprint density at radius 3 is 1.54 bits per heavy atom. The van der Waals surface area contributed by atoms with Gasteiger partial charge in [0, 0.05) is 12.8 Å². The molecule has 2 rings (SSSR count). The van der Waals surface area contributed by atoms with Crippen LogP contribution >= 0.6 is 0 Å². The van der Waals surface area contributed by atoms with Crippen LogP contribution in [0.1, 0.15) is 24.0 Å². The first-order valence-electron chi connectivity index (χ1n) is 11.9. The number of nitrogens with two attached hydrogens (primary N) is 2. The molecule has 0 aliphatic carbocycles. The number of amides is 4. The van der Waals surface area contributed by atoms with Crippen LogP contribution < -0.4 is 27.4 Å². The van der Waals surface area contributed by atoms with Crippen molar-refractivity contribution in [3.8, 4) is 0 Å². The summed E-state index contributed by atoms with van der Waals surface area (Å²) in [6.07, 6.45) is -1.48. The molecular weight excluding hydrogens is 510 g/mol. The van der Waals surface area contributed by atoms with E-state index in [0.717, 1.165) is 0 Å². The van der Waals surface area contributed by atoms with E-state index in [1.807, 2.05) is 0 Å². The third-order valence-electron chi connectivity index (χ3n) is 5.58. The molecule has 13 nitrogen and oxygen atoms in total. The van der Waals surface area contributed by atoms with Crippen molar-refractivity contribution in [3.63, 3.8) is 0 Å². The van der Waals surface area contributed by atoms with Gasteiger partial charge in [0.25, 0.3) is 0 Å². The van der Waals surface area contributed by atoms with Crippen LogP contribution in [0.2, 0.25) is 0 Å². The van der Waals surface area contributed by atoms with E-state index in [4.69, 9.17) is 11.5 Å². The molecule has 0 fully saturated rings. The van der Waals surface area contributed by atoms with Gasteiger partial charge in [-0.3, -0.25) is 24.0 Å². The SMILES string of the molecule is NC(=O)CC(N)C(=O)NC(CC(=O)O)C(=O)NC(Cc1ccccc1)C(=O)NC(Cc1ccccc1)C(=O)O. The summed E-state index contributed by atoms with van der Waals surface area (Å²) in [5.74, 6) is -6.45. The maximum Gasteiger partial charge on any atom is 0.326 e. The molecule has 0 heterocycles. The number of hydrogen-bond acceptors (Lipinski definition) is 7. The van der Waals surface area contributed by atoms with Gasteiger partial charge in [-0.25, -0.2) is 4.79 Å². The Morgan fingerprint density at radius 2 is 1.08 bits per heavy atom. The highest BCUT2D eigenvalue weighted by atomic mass is 16.4. The lowest BCUT2D eigenvalue weighted by molar-refractivity contribution is -0.143. The molecule has 0 aliphatic rings. The molecule has 0 aromatic heterocycles. The average Bonchev–Trinajstić information content (AvgIpc) is 2.87. The second-order valence-corrected chi connectivity index (χ2v) is 8.78. The number of nitrogens with one attached hydrogen (secondary N) is 3. The Kier molecular flexibility index (Phi) is 11.6. The van der Waals surface area contributed by atoms with Gasteiger partial charge in [0.2, 0.25) is 23.6 Å². The zero-order valence-corrected chi connectivity index (χ0v) is 20.9. The molecule has 2 aromatic carbocycles. The van der Waals surface area contributed by atoms with Gasteiger partial charge in [0.1, 0.15) is 18.1 Å². The minimum absolute atomic E-state index is 0.0244. The first kappa shape index (κ1) is 30.4. The topological polar surface area (TPSA) is 231 Å². The Bertz CT molecular complexity index is 1180. The largest absolute Gasteiger partial charge is 0.481 e. The van der Waals surface area contributed by atoms with Crippen LogP contribution in [-0.4, -0.2) is 69.9 Å². The third-order valence-corrected chi connectivity index (χ3v) is 5.58. The summed E-state index contributed by atoms with van der Waals surface area (Å²) in [4.78, 5) is 72.9. The fourth-order valence-electron chi connectivity index (χ4n) is 3.63. The predicted molar refractivity (Wildman–Crippen MR) is 138 cm³/mol. The lowest BCUT2D eigenvalue weighted by Gasteiger charge is -2.25. The van der Waals surface area contributed by atoms with Crippen LogP contribution in [0.5, 0.6) is 0 Å². The van der Waals surface area contributed by atoms with Crippen LogP contribution in [-0.2, 0) is 41.6 Å². The summed E-state index contributed by atoms with van der Waals surface area (Å²) < 4.78 is 0. The number of primary amides is 1. The van der Waals surface area contributed by atoms with Gasteiger partial charge >= 0.3 is 11.9 Å². The summed E-state index contributed by atoms with van der Waals surface area (Å²) in [5, 5.41) is 25.9. The Balaban J connectivity index is 2.25. The van der Waals surface area contributed by atoms with Crippen molar-refractivity contribution in [2.75, 3.05) is 0 Å². The van der Waals surface area contributed by atoms with E-state index < -0.39 is 72.6 Å². The monoisotopic (exact) mass is 541 g/mol. The highest BCUT2D eigenvalue weighted by Crippen LogP contribution is 2.08. The first-order chi connectivity index (χ1) is 18.5. The molecule has 4 amide bonds. The molecule has 2 aromatic rings. The smallest absolute Gasteiger partial charge is 0.326 e. The van der Waals surface area contributed by atoms with Crippen molar-refractivity contribution in [2.24, 2.45) is 11.5 Å². The molecule has 0 aliphatic heterocycles. The molecule has 0 radical (unpaired) electrons. The second kappa shape index (κ2) is 14.8. The maximum atomic E-state index is 13.2. The molecule has 13 heteroatoms. The minimum atomic E-state index is -1.65. The summed E-state index contributed by atoms with van der Waals surface area (Å²) in [5.41, 5.74) is 11.9. The number of rotatable bonds is 15. The standard InChI is InChI=1S/C26H31N5O8/c27-17(13-21(28)32)23(35)29-19(14-22(33)34)25(37)30-18(11-15-7-3-1-4-8-15)24(36)31-20(26(38)39)12-16-9-5-2-6-10-16/h1-10,17-20H,11-14,27H2,(H2,28,32)(H,29,35)(H,30,37)(H,31,36)(H,33,34)(H,38,39). The highest BCUT2D eigenvalue weighted by Gasteiger charge is 2.32. The lowest BCUT2D eigenvalue weighted by Crippen LogP contribution is -2.58. The Labute approximate surface area is 223 Å². The quantitative estimate of drug-likeness (QED) is 0.142. The number of carbonyl (C=O) groups is 6. The first-order valence-corrected chi connectivity index (χ1v) is 11.9. The van der Waals surface area contributed by atoms with Crippen LogP contribution in [0.4, 0.5) is 0 Å². The van der Waals surface area contributed by atoms with Crippen molar-refractivity contribution in [1.29, 1.82) is 0 Å². The molecule has 0 bridgehead atoms. The number of carboxylic acid groups (broad SMARTS) is 2.